The van der Waals surface area contributed by atoms with Crippen LogP contribution in [0.1, 0.15) is 26.3 Å². The molecule has 2 heterocycles. The number of alkyl carbamates (subject to hydrolysis) is 1. The van der Waals surface area contributed by atoms with Gasteiger partial charge < -0.3 is 19.3 Å². The molecule has 0 unspecified atom stereocenters. The number of hydrogen-bond acceptors (Lipinski definition) is 7. The van der Waals surface area contributed by atoms with E-state index in [1.54, 1.807) is 51.4 Å². The van der Waals surface area contributed by atoms with Gasteiger partial charge in [-0.15, -0.1) is 0 Å². The standard InChI is InChI=1S/C27H27ClN4O5/c1-27(2,3)36-26(34)30-22(12-17-4-8-21(28)9-5-17)16-35-25(33)31-24-14-23(32-37-24)19-6-7-20-15-29-11-10-18(20)13-19/h4-11,13-15,22H,12,16H2,1-3H3,(H,30,34)(H,31,33)/t22-/m0/s1. The number of nitrogens with one attached hydrogen (secondary N) is 2. The molecule has 4 rings (SSSR count). The summed E-state index contributed by atoms with van der Waals surface area (Å²) in [4.78, 5) is 28.9. The summed E-state index contributed by atoms with van der Waals surface area (Å²) in [7, 11) is 0. The predicted molar refractivity (Wildman–Crippen MR) is 141 cm³/mol. The number of halogens is 1. The molecular formula is C27H27ClN4O5. The molecule has 0 aliphatic heterocycles. The van der Waals surface area contributed by atoms with Crippen LogP contribution in [-0.4, -0.2) is 40.6 Å². The molecule has 2 N–H and O–H groups in total. The lowest BCUT2D eigenvalue weighted by molar-refractivity contribution is 0.0475. The lowest BCUT2D eigenvalue weighted by Gasteiger charge is -2.23. The molecule has 0 radical (unpaired) electrons. The van der Waals surface area contributed by atoms with Crippen LogP contribution in [0.3, 0.4) is 0 Å². The first-order chi connectivity index (χ1) is 17.6. The van der Waals surface area contributed by atoms with Crippen LogP contribution in [0.5, 0.6) is 0 Å². The summed E-state index contributed by atoms with van der Waals surface area (Å²) in [5.41, 5.74) is 1.62. The molecule has 10 heteroatoms. The van der Waals surface area contributed by atoms with E-state index in [0.717, 1.165) is 21.9 Å². The zero-order valence-corrected chi connectivity index (χ0v) is 21.4. The van der Waals surface area contributed by atoms with E-state index in [0.29, 0.717) is 17.1 Å². The third-order valence-electron chi connectivity index (χ3n) is 5.20. The largest absolute Gasteiger partial charge is 0.447 e. The predicted octanol–water partition coefficient (Wildman–Crippen LogP) is 6.23. The first kappa shape index (κ1) is 26.0. The van der Waals surface area contributed by atoms with Gasteiger partial charge in [0.1, 0.15) is 17.9 Å². The van der Waals surface area contributed by atoms with Crippen molar-refractivity contribution in [3.63, 3.8) is 0 Å². The maximum absolute atomic E-state index is 12.5. The number of anilines is 1. The molecule has 192 valence electrons. The normalized spacial score (nSPS) is 12.1. The highest BCUT2D eigenvalue weighted by Crippen LogP contribution is 2.25. The van der Waals surface area contributed by atoms with Crippen molar-refractivity contribution in [2.45, 2.75) is 38.8 Å². The fourth-order valence-electron chi connectivity index (χ4n) is 3.56. The average Bonchev–Trinajstić information content (AvgIpc) is 3.31. The number of rotatable bonds is 7. The van der Waals surface area contributed by atoms with Gasteiger partial charge in [-0.25, -0.2) is 9.59 Å². The second kappa shape index (κ2) is 11.3. The SMILES string of the molecule is CC(C)(C)OC(=O)N[C@H](COC(=O)Nc1cc(-c2ccc3cnccc3c2)no1)Cc1ccc(Cl)cc1. The lowest BCUT2D eigenvalue weighted by atomic mass is 10.1. The number of carbonyl (C=O) groups excluding carboxylic acids is 2. The van der Waals surface area contributed by atoms with Crippen LogP contribution in [0, 0.1) is 0 Å². The topological polar surface area (TPSA) is 116 Å². The van der Waals surface area contributed by atoms with E-state index in [1.165, 1.54) is 0 Å². The van der Waals surface area contributed by atoms with E-state index >= 15 is 0 Å². The molecule has 2 amide bonds. The summed E-state index contributed by atoms with van der Waals surface area (Å²) in [6.07, 6.45) is 2.53. The number of amides is 2. The minimum atomic E-state index is -0.751. The minimum Gasteiger partial charge on any atom is -0.447 e. The fourth-order valence-corrected chi connectivity index (χ4v) is 3.68. The molecule has 0 fully saturated rings. The third kappa shape index (κ3) is 7.68. The molecule has 2 aromatic heterocycles. The number of aromatic nitrogens is 2. The summed E-state index contributed by atoms with van der Waals surface area (Å²) in [5, 5.41) is 11.9. The first-order valence-electron chi connectivity index (χ1n) is 11.6. The Balaban J connectivity index is 1.37. The molecule has 9 nitrogen and oxygen atoms in total. The molecule has 1 atom stereocenters. The molecule has 4 aromatic rings. The van der Waals surface area contributed by atoms with Crippen molar-refractivity contribution in [2.24, 2.45) is 0 Å². The van der Waals surface area contributed by atoms with Crippen LogP contribution in [0.2, 0.25) is 5.02 Å². The lowest BCUT2D eigenvalue weighted by Crippen LogP contribution is -2.43. The van der Waals surface area contributed by atoms with Gasteiger partial charge in [-0.05, 0) is 62.4 Å². The summed E-state index contributed by atoms with van der Waals surface area (Å²) < 4.78 is 16.0. The van der Waals surface area contributed by atoms with E-state index < -0.39 is 23.8 Å². The van der Waals surface area contributed by atoms with Crippen molar-refractivity contribution in [2.75, 3.05) is 11.9 Å². The highest BCUT2D eigenvalue weighted by atomic mass is 35.5. The van der Waals surface area contributed by atoms with Gasteiger partial charge >= 0.3 is 12.2 Å². The summed E-state index contributed by atoms with van der Waals surface area (Å²) in [5.74, 6) is 0.129. The maximum atomic E-state index is 12.5. The Morgan fingerprint density at radius 2 is 1.81 bits per heavy atom. The van der Waals surface area contributed by atoms with E-state index in [-0.39, 0.29) is 12.5 Å². The number of nitrogens with zero attached hydrogens (tertiary/aromatic N) is 2. The van der Waals surface area contributed by atoms with E-state index in [2.05, 4.69) is 20.8 Å². The molecular weight excluding hydrogens is 496 g/mol. The Morgan fingerprint density at radius 1 is 1.03 bits per heavy atom. The Hall–Kier alpha value is -4.11. The van der Waals surface area contributed by atoms with Crippen molar-refractivity contribution in [3.8, 4) is 11.3 Å². The number of carbonyl (C=O) groups is 2. The van der Waals surface area contributed by atoms with Crippen LogP contribution in [0.15, 0.2) is 71.5 Å². The van der Waals surface area contributed by atoms with Crippen molar-refractivity contribution in [1.82, 2.24) is 15.5 Å². The van der Waals surface area contributed by atoms with Crippen LogP contribution < -0.4 is 10.6 Å². The molecule has 0 saturated heterocycles. The molecule has 0 spiro atoms. The van der Waals surface area contributed by atoms with Gasteiger partial charge in [-0.3, -0.25) is 10.3 Å². The molecule has 0 aliphatic rings. The summed E-state index contributed by atoms with van der Waals surface area (Å²) in [6.45, 7) is 5.20. The van der Waals surface area contributed by atoms with Crippen LogP contribution >= 0.6 is 11.6 Å². The average molecular weight is 523 g/mol. The fraction of sp³-hybridized carbons (Fsp3) is 0.259. The van der Waals surface area contributed by atoms with Gasteiger partial charge in [0, 0.05) is 34.4 Å². The van der Waals surface area contributed by atoms with Crippen molar-refractivity contribution < 1.29 is 23.6 Å². The van der Waals surface area contributed by atoms with Crippen LogP contribution in [-0.2, 0) is 15.9 Å². The second-order valence-corrected chi connectivity index (χ2v) is 9.85. The monoisotopic (exact) mass is 522 g/mol. The summed E-state index contributed by atoms with van der Waals surface area (Å²) in [6, 6.07) is 15.9. The van der Waals surface area contributed by atoms with Gasteiger partial charge in [-0.2, -0.15) is 0 Å². The second-order valence-electron chi connectivity index (χ2n) is 9.41. The number of ether oxygens (including phenoxy) is 2. The molecule has 37 heavy (non-hydrogen) atoms. The van der Waals surface area contributed by atoms with E-state index in [4.69, 9.17) is 25.6 Å². The number of pyridine rings is 1. The van der Waals surface area contributed by atoms with Gasteiger partial charge in [0.25, 0.3) is 0 Å². The van der Waals surface area contributed by atoms with Crippen molar-refractivity contribution >= 4 is 40.4 Å². The summed E-state index contributed by atoms with van der Waals surface area (Å²) >= 11 is 5.97. The van der Waals surface area contributed by atoms with Gasteiger partial charge in [-0.1, -0.05) is 41.0 Å². The Bertz CT molecular complexity index is 1380. The van der Waals surface area contributed by atoms with Gasteiger partial charge in [0.05, 0.1) is 6.04 Å². The number of fused-ring (bicyclic) bond motifs is 1. The van der Waals surface area contributed by atoms with Crippen LogP contribution in [0.4, 0.5) is 15.5 Å². The molecule has 0 bridgehead atoms. The molecule has 0 aliphatic carbocycles. The van der Waals surface area contributed by atoms with E-state index in [9.17, 15) is 9.59 Å². The van der Waals surface area contributed by atoms with Gasteiger partial charge in [0.15, 0.2) is 0 Å². The first-order valence-corrected chi connectivity index (χ1v) is 12.0. The Morgan fingerprint density at radius 3 is 2.57 bits per heavy atom. The van der Waals surface area contributed by atoms with Crippen LogP contribution in [0.25, 0.3) is 22.0 Å². The number of hydrogen-bond donors (Lipinski definition) is 2. The molecule has 0 saturated carbocycles. The van der Waals surface area contributed by atoms with Gasteiger partial charge in [0.2, 0.25) is 5.88 Å². The zero-order valence-electron chi connectivity index (χ0n) is 20.7. The highest BCUT2D eigenvalue weighted by molar-refractivity contribution is 6.30. The molecule has 2 aromatic carbocycles. The van der Waals surface area contributed by atoms with Crippen molar-refractivity contribution in [1.29, 1.82) is 0 Å². The Labute approximate surface area is 219 Å². The Kier molecular flexibility index (Phi) is 7.93. The van der Waals surface area contributed by atoms with E-state index in [1.807, 2.05) is 36.4 Å². The highest BCUT2D eigenvalue weighted by Gasteiger charge is 2.21. The third-order valence-corrected chi connectivity index (χ3v) is 5.46. The van der Waals surface area contributed by atoms with Crippen molar-refractivity contribution in [3.05, 3.63) is 77.6 Å². The quantitative estimate of drug-likeness (QED) is 0.295. The zero-order chi connectivity index (χ0) is 26.4. The smallest absolute Gasteiger partial charge is 0.414 e. The minimum absolute atomic E-state index is 0.104. The number of benzene rings is 2. The maximum Gasteiger partial charge on any atom is 0.414 e.